The molecule has 0 atom stereocenters. The molecule has 112 valence electrons. The third kappa shape index (κ3) is 2.26. The van der Waals surface area contributed by atoms with Crippen molar-refractivity contribution in [2.75, 3.05) is 0 Å². The summed E-state index contributed by atoms with van der Waals surface area (Å²) in [6, 6.07) is 5.65. The number of H-pyrrole nitrogens is 1. The zero-order valence-corrected chi connectivity index (χ0v) is 11.8. The molecule has 3 aromatic rings. The van der Waals surface area contributed by atoms with Crippen molar-refractivity contribution in [1.29, 1.82) is 0 Å². The molecule has 6 nitrogen and oxygen atoms in total. The Balaban J connectivity index is 2.03. The average molecular weight is 301 g/mol. The van der Waals surface area contributed by atoms with Crippen LogP contribution in [0.4, 0.5) is 4.39 Å². The van der Waals surface area contributed by atoms with Crippen LogP contribution < -0.4 is 0 Å². The van der Waals surface area contributed by atoms with Gasteiger partial charge in [-0.25, -0.2) is 9.18 Å². The van der Waals surface area contributed by atoms with Crippen molar-refractivity contribution < 1.29 is 18.7 Å². The smallest absolute Gasteiger partial charge is 0.337 e. The quantitative estimate of drug-likeness (QED) is 0.775. The number of aromatic nitrogens is 3. The molecule has 0 saturated heterocycles. The van der Waals surface area contributed by atoms with Gasteiger partial charge in [-0.3, -0.25) is 0 Å². The van der Waals surface area contributed by atoms with Gasteiger partial charge in [-0.2, -0.15) is 0 Å². The molecule has 2 N–H and O–H groups in total. The number of aromatic amines is 1. The fourth-order valence-corrected chi connectivity index (χ4v) is 2.32. The minimum Gasteiger partial charge on any atom is -0.478 e. The molecule has 0 saturated carbocycles. The summed E-state index contributed by atoms with van der Waals surface area (Å²) in [7, 11) is 0. The Morgan fingerprint density at radius 1 is 1.18 bits per heavy atom. The number of aromatic carboxylic acids is 1. The second kappa shape index (κ2) is 5.10. The van der Waals surface area contributed by atoms with Gasteiger partial charge in [0.15, 0.2) is 0 Å². The number of carbonyl (C=O) groups is 1. The van der Waals surface area contributed by atoms with Crippen LogP contribution in [0.2, 0.25) is 0 Å². The standard InChI is InChI=1S/C15H12FN3O3/c1-7-11(15(20)21)8(2)17-12(7)14-19-18-13(22-14)9-3-5-10(16)6-4-9/h3-6,17H,1-2H3,(H,20,21). The lowest BCUT2D eigenvalue weighted by molar-refractivity contribution is 0.0695. The van der Waals surface area contributed by atoms with Gasteiger partial charge in [0.1, 0.15) is 11.5 Å². The summed E-state index contributed by atoms with van der Waals surface area (Å²) >= 11 is 0. The molecule has 3 rings (SSSR count). The first-order valence-electron chi connectivity index (χ1n) is 6.49. The fraction of sp³-hybridized carbons (Fsp3) is 0.133. The fourth-order valence-electron chi connectivity index (χ4n) is 2.32. The Labute approximate surface area is 124 Å². The first kappa shape index (κ1) is 14.0. The summed E-state index contributed by atoms with van der Waals surface area (Å²) in [4.78, 5) is 14.2. The predicted molar refractivity (Wildman–Crippen MR) is 75.9 cm³/mol. The second-order valence-corrected chi connectivity index (χ2v) is 4.85. The van der Waals surface area contributed by atoms with E-state index in [0.29, 0.717) is 22.5 Å². The summed E-state index contributed by atoms with van der Waals surface area (Å²) in [5, 5.41) is 17.0. The number of halogens is 1. The van der Waals surface area contributed by atoms with Crippen LogP contribution in [0.15, 0.2) is 28.7 Å². The maximum Gasteiger partial charge on any atom is 0.337 e. The highest BCUT2D eigenvalue weighted by molar-refractivity contribution is 5.93. The van der Waals surface area contributed by atoms with Crippen LogP contribution in [0.5, 0.6) is 0 Å². The third-order valence-corrected chi connectivity index (χ3v) is 3.38. The topological polar surface area (TPSA) is 92.0 Å². The van der Waals surface area contributed by atoms with Gasteiger partial charge in [-0.05, 0) is 43.7 Å². The van der Waals surface area contributed by atoms with E-state index < -0.39 is 5.97 Å². The lowest BCUT2D eigenvalue weighted by Crippen LogP contribution is -1.98. The maximum atomic E-state index is 12.9. The van der Waals surface area contributed by atoms with Crippen LogP contribution >= 0.6 is 0 Å². The summed E-state index contributed by atoms with van der Waals surface area (Å²) < 4.78 is 18.5. The Kier molecular flexibility index (Phi) is 3.25. The van der Waals surface area contributed by atoms with Gasteiger partial charge in [0, 0.05) is 11.3 Å². The highest BCUT2D eigenvalue weighted by Crippen LogP contribution is 2.28. The lowest BCUT2D eigenvalue weighted by atomic mass is 10.1. The molecular formula is C15H12FN3O3. The number of hydrogen-bond acceptors (Lipinski definition) is 4. The van der Waals surface area contributed by atoms with Gasteiger partial charge >= 0.3 is 5.97 Å². The van der Waals surface area contributed by atoms with E-state index in [9.17, 15) is 14.3 Å². The number of benzene rings is 1. The molecule has 0 radical (unpaired) electrons. The van der Waals surface area contributed by atoms with Crippen LogP contribution in [0.25, 0.3) is 23.0 Å². The van der Waals surface area contributed by atoms with Gasteiger partial charge in [0.2, 0.25) is 5.89 Å². The molecule has 22 heavy (non-hydrogen) atoms. The molecule has 0 unspecified atom stereocenters. The van der Waals surface area contributed by atoms with Gasteiger partial charge < -0.3 is 14.5 Å². The number of nitrogens with one attached hydrogen (secondary N) is 1. The summed E-state index contributed by atoms with van der Waals surface area (Å²) in [5.41, 5.74) is 2.28. The van der Waals surface area contributed by atoms with E-state index in [1.807, 2.05) is 0 Å². The minimum absolute atomic E-state index is 0.187. The van der Waals surface area contributed by atoms with Gasteiger partial charge in [-0.1, -0.05) is 0 Å². The van der Waals surface area contributed by atoms with E-state index in [4.69, 9.17) is 4.42 Å². The molecule has 7 heteroatoms. The Morgan fingerprint density at radius 2 is 1.82 bits per heavy atom. The monoisotopic (exact) mass is 301 g/mol. The van der Waals surface area contributed by atoms with E-state index in [1.165, 1.54) is 24.3 Å². The number of rotatable bonds is 3. The second-order valence-electron chi connectivity index (χ2n) is 4.85. The van der Waals surface area contributed by atoms with Gasteiger partial charge in [0.05, 0.1) is 5.56 Å². The number of aryl methyl sites for hydroxylation is 1. The zero-order valence-electron chi connectivity index (χ0n) is 11.8. The highest BCUT2D eigenvalue weighted by Gasteiger charge is 2.21. The first-order chi connectivity index (χ1) is 10.5. The van der Waals surface area contributed by atoms with Crippen LogP contribution in [-0.4, -0.2) is 26.3 Å². The Bertz CT molecular complexity index is 850. The molecular weight excluding hydrogens is 289 g/mol. The minimum atomic E-state index is -1.02. The van der Waals surface area contributed by atoms with Crippen LogP contribution in [-0.2, 0) is 0 Å². The van der Waals surface area contributed by atoms with Gasteiger partial charge in [-0.15, -0.1) is 10.2 Å². The van der Waals surface area contributed by atoms with Crippen LogP contribution in [0.1, 0.15) is 21.6 Å². The number of hydrogen-bond donors (Lipinski definition) is 2. The van der Waals surface area contributed by atoms with Crippen molar-refractivity contribution in [2.24, 2.45) is 0 Å². The summed E-state index contributed by atoms with van der Waals surface area (Å²) in [6.45, 7) is 3.33. The number of nitrogens with zero attached hydrogens (tertiary/aromatic N) is 2. The Hall–Kier alpha value is -2.96. The normalized spacial score (nSPS) is 10.9. The van der Waals surface area contributed by atoms with Crippen molar-refractivity contribution >= 4 is 5.97 Å². The van der Waals surface area contributed by atoms with Gasteiger partial charge in [0.25, 0.3) is 5.89 Å². The zero-order chi connectivity index (χ0) is 15.9. The van der Waals surface area contributed by atoms with Crippen LogP contribution in [0.3, 0.4) is 0 Å². The third-order valence-electron chi connectivity index (χ3n) is 3.38. The number of carboxylic acid groups (broad SMARTS) is 1. The van der Waals surface area contributed by atoms with Crippen molar-refractivity contribution in [1.82, 2.24) is 15.2 Å². The molecule has 2 heterocycles. The molecule has 2 aromatic heterocycles. The first-order valence-corrected chi connectivity index (χ1v) is 6.49. The van der Waals surface area contributed by atoms with Crippen molar-refractivity contribution in [2.45, 2.75) is 13.8 Å². The highest BCUT2D eigenvalue weighted by atomic mass is 19.1. The SMILES string of the molecule is Cc1[nH]c(-c2nnc(-c3ccc(F)cc3)o2)c(C)c1C(=O)O. The molecule has 1 aromatic carbocycles. The van der Waals surface area contributed by atoms with Crippen molar-refractivity contribution in [3.05, 3.63) is 46.9 Å². The molecule has 0 amide bonds. The van der Waals surface area contributed by atoms with Crippen molar-refractivity contribution in [3.8, 4) is 23.0 Å². The number of carboxylic acids is 1. The molecule has 0 bridgehead atoms. The molecule has 0 aliphatic rings. The van der Waals surface area contributed by atoms with E-state index >= 15 is 0 Å². The van der Waals surface area contributed by atoms with Crippen molar-refractivity contribution in [3.63, 3.8) is 0 Å². The molecule has 0 spiro atoms. The van der Waals surface area contributed by atoms with E-state index in [1.54, 1.807) is 13.8 Å². The Morgan fingerprint density at radius 3 is 2.41 bits per heavy atom. The molecule has 0 fully saturated rings. The molecule has 0 aliphatic heterocycles. The van der Waals surface area contributed by atoms with E-state index in [2.05, 4.69) is 15.2 Å². The maximum absolute atomic E-state index is 12.9. The van der Waals surface area contributed by atoms with E-state index in [0.717, 1.165) is 0 Å². The summed E-state index contributed by atoms with van der Waals surface area (Å²) in [6.07, 6.45) is 0. The summed E-state index contributed by atoms with van der Waals surface area (Å²) in [5.74, 6) is -0.952. The predicted octanol–water partition coefficient (Wildman–Crippen LogP) is 3.19. The van der Waals surface area contributed by atoms with Crippen LogP contribution in [0, 0.1) is 19.7 Å². The average Bonchev–Trinajstić information content (AvgIpc) is 3.04. The largest absolute Gasteiger partial charge is 0.478 e. The van der Waals surface area contributed by atoms with E-state index in [-0.39, 0.29) is 23.2 Å². The lowest BCUT2D eigenvalue weighted by Gasteiger charge is -1.95. The molecule has 0 aliphatic carbocycles.